The largest absolute Gasteiger partial charge is 0.469 e. The van der Waals surface area contributed by atoms with Gasteiger partial charge >= 0.3 is 5.97 Å². The molecule has 0 fully saturated rings. The first-order valence-corrected chi connectivity index (χ1v) is 9.40. The second-order valence-corrected chi connectivity index (χ2v) is 6.56. The zero-order valence-corrected chi connectivity index (χ0v) is 16.1. The number of hydrogen-bond donors (Lipinski definition) is 1. The molecule has 3 aromatic rings. The normalized spacial score (nSPS) is 10.5. The standard InChI is InChI=1S/C24H25NO3/c1-27-24(26)15-12-19-6-5-7-21(16-19)18-25-17-20-10-13-23(14-11-20)28-22-8-3-2-4-9-22/h2-11,13-14,16,25H,12,15,17-18H2,1H3. The van der Waals surface area contributed by atoms with E-state index in [-0.39, 0.29) is 5.97 Å². The molecule has 0 atom stereocenters. The molecule has 1 N–H and O–H groups in total. The maximum absolute atomic E-state index is 11.3. The zero-order chi connectivity index (χ0) is 19.6. The van der Waals surface area contributed by atoms with Crippen LogP contribution < -0.4 is 10.1 Å². The van der Waals surface area contributed by atoms with Gasteiger partial charge in [0.05, 0.1) is 7.11 Å². The van der Waals surface area contributed by atoms with E-state index in [0.29, 0.717) is 12.8 Å². The average Bonchev–Trinajstić information content (AvgIpc) is 2.74. The topological polar surface area (TPSA) is 47.6 Å². The van der Waals surface area contributed by atoms with E-state index in [0.717, 1.165) is 30.2 Å². The quantitative estimate of drug-likeness (QED) is 0.542. The van der Waals surface area contributed by atoms with Crippen LogP contribution in [0.15, 0.2) is 78.9 Å². The van der Waals surface area contributed by atoms with Gasteiger partial charge in [-0.25, -0.2) is 0 Å². The maximum Gasteiger partial charge on any atom is 0.305 e. The van der Waals surface area contributed by atoms with E-state index >= 15 is 0 Å². The Morgan fingerprint density at radius 2 is 1.46 bits per heavy atom. The maximum atomic E-state index is 11.3. The molecule has 0 heterocycles. The molecule has 0 aliphatic carbocycles. The van der Waals surface area contributed by atoms with Crippen molar-refractivity contribution >= 4 is 5.97 Å². The summed E-state index contributed by atoms with van der Waals surface area (Å²) in [6.45, 7) is 1.55. The minimum absolute atomic E-state index is 0.178. The van der Waals surface area contributed by atoms with Gasteiger partial charge in [-0.15, -0.1) is 0 Å². The monoisotopic (exact) mass is 375 g/mol. The van der Waals surface area contributed by atoms with Crippen LogP contribution >= 0.6 is 0 Å². The summed E-state index contributed by atoms with van der Waals surface area (Å²) in [5, 5.41) is 3.46. The number of methoxy groups -OCH3 is 1. The summed E-state index contributed by atoms with van der Waals surface area (Å²) in [5.41, 5.74) is 3.54. The lowest BCUT2D eigenvalue weighted by Gasteiger charge is -2.09. The summed E-state index contributed by atoms with van der Waals surface area (Å²) in [7, 11) is 1.42. The van der Waals surface area contributed by atoms with Gasteiger partial charge in [-0.2, -0.15) is 0 Å². The lowest BCUT2D eigenvalue weighted by Crippen LogP contribution is -2.12. The Morgan fingerprint density at radius 3 is 2.21 bits per heavy atom. The highest BCUT2D eigenvalue weighted by Crippen LogP contribution is 2.21. The van der Waals surface area contributed by atoms with Crippen molar-refractivity contribution in [2.24, 2.45) is 0 Å². The summed E-state index contributed by atoms with van der Waals surface area (Å²) >= 11 is 0. The van der Waals surface area contributed by atoms with Gasteiger partial charge in [0.25, 0.3) is 0 Å². The van der Waals surface area contributed by atoms with Gasteiger partial charge in [0.2, 0.25) is 0 Å². The van der Waals surface area contributed by atoms with E-state index in [1.165, 1.54) is 18.2 Å². The van der Waals surface area contributed by atoms with Crippen molar-refractivity contribution in [2.75, 3.05) is 7.11 Å². The van der Waals surface area contributed by atoms with E-state index in [9.17, 15) is 4.79 Å². The van der Waals surface area contributed by atoms with Crippen LogP contribution in [-0.2, 0) is 29.0 Å². The zero-order valence-electron chi connectivity index (χ0n) is 16.1. The van der Waals surface area contributed by atoms with Crippen LogP contribution in [0.5, 0.6) is 11.5 Å². The third-order valence-corrected chi connectivity index (χ3v) is 4.40. The molecule has 144 valence electrons. The third kappa shape index (κ3) is 6.25. The Bertz CT molecular complexity index is 876. The van der Waals surface area contributed by atoms with Crippen LogP contribution in [0.2, 0.25) is 0 Å². The predicted molar refractivity (Wildman–Crippen MR) is 110 cm³/mol. The fraction of sp³-hybridized carbons (Fsp3) is 0.208. The SMILES string of the molecule is COC(=O)CCc1cccc(CNCc2ccc(Oc3ccccc3)cc2)c1. The van der Waals surface area contributed by atoms with Crippen LogP contribution in [0.25, 0.3) is 0 Å². The van der Waals surface area contributed by atoms with Crippen molar-refractivity contribution in [2.45, 2.75) is 25.9 Å². The predicted octanol–water partition coefficient (Wildman–Crippen LogP) is 4.87. The van der Waals surface area contributed by atoms with Crippen LogP contribution in [-0.4, -0.2) is 13.1 Å². The van der Waals surface area contributed by atoms with Gasteiger partial charge in [-0.1, -0.05) is 54.6 Å². The minimum atomic E-state index is -0.178. The summed E-state index contributed by atoms with van der Waals surface area (Å²) in [5.74, 6) is 1.48. The molecule has 3 aromatic carbocycles. The lowest BCUT2D eigenvalue weighted by molar-refractivity contribution is -0.140. The first kappa shape index (κ1) is 19.6. The van der Waals surface area contributed by atoms with Crippen LogP contribution in [0.1, 0.15) is 23.1 Å². The van der Waals surface area contributed by atoms with E-state index in [4.69, 9.17) is 9.47 Å². The highest BCUT2D eigenvalue weighted by Gasteiger charge is 2.03. The molecule has 0 radical (unpaired) electrons. The Morgan fingerprint density at radius 1 is 0.786 bits per heavy atom. The number of hydrogen-bond acceptors (Lipinski definition) is 4. The molecular weight excluding hydrogens is 350 g/mol. The second-order valence-electron chi connectivity index (χ2n) is 6.56. The molecule has 4 nitrogen and oxygen atoms in total. The van der Waals surface area contributed by atoms with Crippen molar-refractivity contribution in [3.05, 3.63) is 95.6 Å². The van der Waals surface area contributed by atoms with Crippen molar-refractivity contribution in [3.63, 3.8) is 0 Å². The van der Waals surface area contributed by atoms with E-state index < -0.39 is 0 Å². The van der Waals surface area contributed by atoms with Gasteiger partial charge in [-0.05, 0) is 47.4 Å². The van der Waals surface area contributed by atoms with Crippen LogP contribution in [0, 0.1) is 0 Å². The van der Waals surface area contributed by atoms with Gasteiger partial charge in [0, 0.05) is 19.5 Å². The number of benzene rings is 3. The molecule has 0 aromatic heterocycles. The molecule has 4 heteroatoms. The molecule has 0 aliphatic heterocycles. The number of para-hydroxylation sites is 1. The molecular formula is C24H25NO3. The first-order chi connectivity index (χ1) is 13.7. The minimum Gasteiger partial charge on any atom is -0.469 e. The molecule has 0 saturated carbocycles. The molecule has 28 heavy (non-hydrogen) atoms. The first-order valence-electron chi connectivity index (χ1n) is 9.40. The smallest absolute Gasteiger partial charge is 0.305 e. The van der Waals surface area contributed by atoms with Crippen molar-refractivity contribution in [1.82, 2.24) is 5.32 Å². The number of nitrogens with one attached hydrogen (secondary N) is 1. The van der Waals surface area contributed by atoms with Crippen molar-refractivity contribution in [3.8, 4) is 11.5 Å². The number of aryl methyl sites for hydroxylation is 1. The Hall–Kier alpha value is -3.11. The fourth-order valence-corrected chi connectivity index (χ4v) is 2.89. The van der Waals surface area contributed by atoms with E-state index in [1.807, 2.05) is 54.6 Å². The molecule has 3 rings (SSSR count). The van der Waals surface area contributed by atoms with Gasteiger partial charge in [0.1, 0.15) is 11.5 Å². The number of ether oxygens (including phenoxy) is 2. The van der Waals surface area contributed by atoms with Crippen LogP contribution in [0.4, 0.5) is 0 Å². The molecule has 0 bridgehead atoms. The summed E-state index contributed by atoms with van der Waals surface area (Å²) in [6.07, 6.45) is 1.11. The highest BCUT2D eigenvalue weighted by molar-refractivity contribution is 5.69. The van der Waals surface area contributed by atoms with Crippen molar-refractivity contribution in [1.29, 1.82) is 0 Å². The number of carbonyl (C=O) groups excluding carboxylic acids is 1. The third-order valence-electron chi connectivity index (χ3n) is 4.40. The molecule has 0 aliphatic rings. The fourth-order valence-electron chi connectivity index (χ4n) is 2.89. The number of carbonyl (C=O) groups is 1. The summed E-state index contributed by atoms with van der Waals surface area (Å²) in [6, 6.07) is 26.1. The molecule has 0 amide bonds. The van der Waals surface area contributed by atoms with Gasteiger partial charge in [0.15, 0.2) is 0 Å². The van der Waals surface area contributed by atoms with Gasteiger partial charge < -0.3 is 14.8 Å². The van der Waals surface area contributed by atoms with Crippen LogP contribution in [0.3, 0.4) is 0 Å². The van der Waals surface area contributed by atoms with E-state index in [2.05, 4.69) is 29.6 Å². The average molecular weight is 375 g/mol. The molecule has 0 spiro atoms. The Kier molecular flexibility index (Phi) is 7.21. The lowest BCUT2D eigenvalue weighted by atomic mass is 10.1. The van der Waals surface area contributed by atoms with Gasteiger partial charge in [-0.3, -0.25) is 4.79 Å². The summed E-state index contributed by atoms with van der Waals surface area (Å²) in [4.78, 5) is 11.3. The Balaban J connectivity index is 1.46. The summed E-state index contributed by atoms with van der Waals surface area (Å²) < 4.78 is 10.5. The Labute approximate surface area is 166 Å². The number of esters is 1. The number of rotatable bonds is 9. The molecule has 0 unspecified atom stereocenters. The van der Waals surface area contributed by atoms with E-state index in [1.54, 1.807) is 0 Å². The van der Waals surface area contributed by atoms with Crippen molar-refractivity contribution < 1.29 is 14.3 Å². The molecule has 0 saturated heterocycles. The second kappa shape index (κ2) is 10.3. The highest BCUT2D eigenvalue weighted by atomic mass is 16.5.